The third-order valence-electron chi connectivity index (χ3n) is 0.712. The molecule has 0 atom stereocenters. The topological polar surface area (TPSA) is 12.9 Å². The Bertz CT molecular complexity index is 175. The van der Waals surface area contributed by atoms with Crippen molar-refractivity contribution in [2.24, 2.45) is 0 Å². The quantitative estimate of drug-likeness (QED) is 0.541. The molecule has 8 heavy (non-hydrogen) atoms. The first-order chi connectivity index (χ1) is 3.72. The predicted octanol–water partition coefficient (Wildman–Crippen LogP) is 1.91. The van der Waals surface area contributed by atoms with Gasteiger partial charge in [-0.25, -0.2) is 0 Å². The van der Waals surface area contributed by atoms with Gasteiger partial charge in [-0.1, -0.05) is 11.6 Å². The van der Waals surface area contributed by atoms with Crippen LogP contribution in [0.25, 0.3) is 0 Å². The van der Waals surface area contributed by atoms with Gasteiger partial charge in [0.25, 0.3) is 0 Å². The highest BCUT2D eigenvalue weighted by atomic mass is 35.5. The summed E-state index contributed by atoms with van der Waals surface area (Å²) >= 11 is 6.58. The minimum atomic E-state index is 0.319. The van der Waals surface area contributed by atoms with Gasteiger partial charge in [0.05, 0.1) is 5.69 Å². The van der Waals surface area contributed by atoms with Gasteiger partial charge in [-0.15, -0.1) is 0 Å². The summed E-state index contributed by atoms with van der Waals surface area (Å²) in [6.45, 7) is 10.5. The summed E-state index contributed by atoms with van der Waals surface area (Å²) in [5, 5.41) is 0. The van der Waals surface area contributed by atoms with Crippen LogP contribution in [0.4, 0.5) is 0 Å². The van der Waals surface area contributed by atoms with Crippen LogP contribution in [0.15, 0.2) is 0 Å². The smallest absolute Gasteiger partial charge is 0.117 e. The molecule has 40 valence electrons. The van der Waals surface area contributed by atoms with Crippen molar-refractivity contribution in [1.29, 1.82) is 0 Å². The molecule has 4 radical (unpaired) electrons. The molecular weight excluding hydrogens is 142 g/mol. The average Bonchev–Trinajstić information content (AvgIpc) is 1.98. The fourth-order valence-electron chi connectivity index (χ4n) is 0.288. The van der Waals surface area contributed by atoms with E-state index in [0.29, 0.717) is 15.6 Å². The highest BCUT2D eigenvalue weighted by Crippen LogP contribution is 2.21. The Labute approximate surface area is 57.5 Å². The third kappa shape index (κ3) is 0.858. The van der Waals surface area contributed by atoms with Gasteiger partial charge in [0.2, 0.25) is 0 Å². The molecule has 0 aliphatic rings. The molecule has 0 saturated carbocycles. The van der Waals surface area contributed by atoms with Crippen molar-refractivity contribution in [2.75, 3.05) is 0 Å². The Morgan fingerprint density at radius 2 is 2.12 bits per heavy atom. The largest absolute Gasteiger partial charge is 0.196 e. The molecule has 1 heterocycles. The molecule has 3 heteroatoms. The molecule has 1 aromatic heterocycles. The molecule has 0 aliphatic heterocycles. The molecule has 1 aromatic rings. The number of nitrogens with zero attached hydrogens (tertiary/aromatic N) is 1. The van der Waals surface area contributed by atoms with E-state index in [1.807, 2.05) is 0 Å². The lowest BCUT2D eigenvalue weighted by molar-refractivity contribution is 1.43. The van der Waals surface area contributed by atoms with Crippen molar-refractivity contribution < 1.29 is 0 Å². The molecular formula is C5H2ClNS. The van der Waals surface area contributed by atoms with Crippen molar-refractivity contribution in [1.82, 2.24) is 4.37 Å². The van der Waals surface area contributed by atoms with Gasteiger partial charge in [0.1, 0.15) is 4.34 Å². The maximum atomic E-state index is 5.48. The van der Waals surface area contributed by atoms with Gasteiger partial charge in [0.15, 0.2) is 0 Å². The number of hydrogen-bond donors (Lipinski definition) is 0. The maximum absolute atomic E-state index is 5.48. The fourth-order valence-corrected chi connectivity index (χ4v) is 0.968. The summed E-state index contributed by atoms with van der Waals surface area (Å²) in [6.07, 6.45) is 0. The van der Waals surface area contributed by atoms with Crippen LogP contribution in [-0.2, 0) is 0 Å². The summed E-state index contributed by atoms with van der Waals surface area (Å²) < 4.78 is 4.14. The summed E-state index contributed by atoms with van der Waals surface area (Å²) in [5.41, 5.74) is 0.705. The zero-order chi connectivity index (χ0) is 6.15. The zero-order valence-electron chi connectivity index (χ0n) is 3.89. The van der Waals surface area contributed by atoms with E-state index in [1.54, 1.807) is 0 Å². The van der Waals surface area contributed by atoms with E-state index in [-0.39, 0.29) is 0 Å². The van der Waals surface area contributed by atoms with Crippen LogP contribution < -0.4 is 0 Å². The molecule has 0 spiro atoms. The summed E-state index contributed by atoms with van der Waals surface area (Å²) in [5.74, 6) is 0. The summed E-state index contributed by atoms with van der Waals surface area (Å²) in [7, 11) is 0. The molecule has 0 bridgehead atoms. The van der Waals surface area contributed by atoms with Crippen molar-refractivity contribution in [3.05, 3.63) is 29.4 Å². The van der Waals surface area contributed by atoms with Crippen molar-refractivity contribution in [2.45, 2.75) is 0 Å². The monoisotopic (exact) mass is 143 g/mol. The minimum Gasteiger partial charge on any atom is -0.196 e. The van der Waals surface area contributed by atoms with Gasteiger partial charge in [-0.2, -0.15) is 4.37 Å². The number of aromatic nitrogens is 1. The molecule has 1 nitrogen and oxygen atoms in total. The second-order valence-corrected chi connectivity index (χ2v) is 2.63. The van der Waals surface area contributed by atoms with E-state index < -0.39 is 0 Å². The first-order valence-corrected chi connectivity index (χ1v) is 3.03. The van der Waals surface area contributed by atoms with E-state index in [9.17, 15) is 0 Å². The Morgan fingerprint density at radius 1 is 1.50 bits per heavy atom. The van der Waals surface area contributed by atoms with Crippen molar-refractivity contribution >= 4 is 23.1 Å². The Morgan fingerprint density at radius 3 is 2.25 bits per heavy atom. The average molecular weight is 144 g/mol. The van der Waals surface area contributed by atoms with E-state index >= 15 is 0 Å². The van der Waals surface area contributed by atoms with E-state index in [1.165, 1.54) is 0 Å². The van der Waals surface area contributed by atoms with Crippen LogP contribution in [0.2, 0.25) is 4.34 Å². The summed E-state index contributed by atoms with van der Waals surface area (Å²) in [4.78, 5) is 0. The van der Waals surface area contributed by atoms with Gasteiger partial charge >= 0.3 is 0 Å². The van der Waals surface area contributed by atoms with Gasteiger partial charge < -0.3 is 0 Å². The van der Waals surface area contributed by atoms with Crippen LogP contribution in [0, 0.1) is 13.8 Å². The molecule has 1 rings (SSSR count). The number of halogens is 1. The number of rotatable bonds is 0. The molecule has 0 saturated heterocycles. The molecule has 0 unspecified atom stereocenters. The van der Waals surface area contributed by atoms with Crippen LogP contribution in [0.1, 0.15) is 11.3 Å². The van der Waals surface area contributed by atoms with Crippen LogP contribution in [0.3, 0.4) is 0 Å². The Balaban J connectivity index is 3.19. The standard InChI is InChI=1S/C5H2ClNS/c1-3-4(2)7-8-5(3)6/h1-2H. The second kappa shape index (κ2) is 2.03. The van der Waals surface area contributed by atoms with E-state index in [4.69, 9.17) is 25.4 Å². The summed E-state index contributed by atoms with van der Waals surface area (Å²) in [6, 6.07) is 0. The highest BCUT2D eigenvalue weighted by molar-refractivity contribution is 7.10. The van der Waals surface area contributed by atoms with Gasteiger partial charge in [-0.05, 0) is 11.5 Å². The first kappa shape index (κ1) is 6.05. The third-order valence-corrected chi connectivity index (χ3v) is 1.79. The molecule has 0 amide bonds. The molecule has 0 fully saturated rings. The maximum Gasteiger partial charge on any atom is 0.117 e. The molecule has 0 aliphatic carbocycles. The highest BCUT2D eigenvalue weighted by Gasteiger charge is 2.00. The second-order valence-electron chi connectivity index (χ2n) is 1.26. The normalized spacial score (nSPS) is 9.88. The minimum absolute atomic E-state index is 0.319. The molecule has 0 N–H and O–H groups in total. The van der Waals surface area contributed by atoms with Crippen molar-refractivity contribution in [3.8, 4) is 0 Å². The predicted molar refractivity (Wildman–Crippen MR) is 33.9 cm³/mol. The van der Waals surface area contributed by atoms with E-state index in [2.05, 4.69) is 4.37 Å². The van der Waals surface area contributed by atoms with Crippen LogP contribution >= 0.6 is 23.1 Å². The van der Waals surface area contributed by atoms with Crippen LogP contribution in [-0.4, -0.2) is 4.37 Å². The van der Waals surface area contributed by atoms with Crippen molar-refractivity contribution in [3.63, 3.8) is 0 Å². The number of hydrogen-bond acceptors (Lipinski definition) is 2. The lowest BCUT2D eigenvalue weighted by Gasteiger charge is -1.80. The first-order valence-electron chi connectivity index (χ1n) is 1.88. The van der Waals surface area contributed by atoms with Gasteiger partial charge in [-0.3, -0.25) is 0 Å². The Kier molecular flexibility index (Phi) is 1.54. The Hall–Kier alpha value is -0.0800. The van der Waals surface area contributed by atoms with Crippen LogP contribution in [0.5, 0.6) is 0 Å². The lowest BCUT2D eigenvalue weighted by Crippen LogP contribution is -1.70. The SMILES string of the molecule is [CH]c1nsc(Cl)c1[CH]. The van der Waals surface area contributed by atoms with Gasteiger partial charge in [0, 0.05) is 19.4 Å². The lowest BCUT2D eigenvalue weighted by atomic mass is 10.3. The van der Waals surface area contributed by atoms with E-state index in [0.717, 1.165) is 11.5 Å². The molecule has 0 aromatic carbocycles. The fraction of sp³-hybridized carbons (Fsp3) is 0. The zero-order valence-corrected chi connectivity index (χ0v) is 5.46.